The molecule has 4 aromatic rings. The van der Waals surface area contributed by atoms with Gasteiger partial charge in [-0.2, -0.15) is 0 Å². The van der Waals surface area contributed by atoms with Gasteiger partial charge in [-0.15, -0.1) is 0 Å². The molecular weight excluding hydrogens is 438 g/mol. The maximum Gasteiger partial charge on any atom is 0.264 e. The predicted molar refractivity (Wildman–Crippen MR) is 139 cm³/mol. The van der Waals surface area contributed by atoms with Gasteiger partial charge >= 0.3 is 0 Å². The number of aryl methyl sites for hydroxylation is 1. The highest BCUT2D eigenvalue weighted by atomic mass is 32.2. The lowest BCUT2D eigenvalue weighted by atomic mass is 9.95. The van der Waals surface area contributed by atoms with Crippen molar-refractivity contribution < 1.29 is 8.42 Å². The van der Waals surface area contributed by atoms with Crippen LogP contribution in [-0.4, -0.2) is 14.5 Å². The summed E-state index contributed by atoms with van der Waals surface area (Å²) in [6.45, 7) is 1.96. The van der Waals surface area contributed by atoms with Crippen LogP contribution in [0.15, 0.2) is 120 Å². The van der Waals surface area contributed by atoms with Gasteiger partial charge in [0.15, 0.2) is 0 Å². The Balaban J connectivity index is 1.55. The van der Waals surface area contributed by atoms with Crippen LogP contribution in [-0.2, 0) is 16.4 Å². The number of hydrogen-bond donors (Lipinski definition) is 0. The Kier molecular flexibility index (Phi) is 6.08. The molecule has 1 atom stereocenters. The number of anilines is 1. The summed E-state index contributed by atoms with van der Waals surface area (Å²) < 4.78 is 29.3. The van der Waals surface area contributed by atoms with Crippen molar-refractivity contribution in [2.24, 2.45) is 0 Å². The Bertz CT molecular complexity index is 1370. The number of benzene rings is 4. The first kappa shape index (κ1) is 22.2. The monoisotopic (exact) mass is 465 g/mol. The van der Waals surface area contributed by atoms with Gasteiger partial charge in [-0.3, -0.25) is 4.31 Å². The molecule has 0 aromatic heterocycles. The van der Waals surface area contributed by atoms with Gasteiger partial charge < -0.3 is 0 Å². The van der Waals surface area contributed by atoms with E-state index in [-0.39, 0.29) is 6.04 Å². The smallest absolute Gasteiger partial charge is 0.262 e. The number of sulfonamides is 1. The minimum atomic E-state index is -3.69. The van der Waals surface area contributed by atoms with E-state index in [0.717, 1.165) is 33.5 Å². The number of rotatable bonds is 6. The van der Waals surface area contributed by atoms with E-state index >= 15 is 0 Å². The van der Waals surface area contributed by atoms with E-state index in [1.165, 1.54) is 0 Å². The summed E-state index contributed by atoms with van der Waals surface area (Å²) in [5, 5.41) is 0. The maximum atomic E-state index is 13.8. The Morgan fingerprint density at radius 1 is 0.794 bits per heavy atom. The van der Waals surface area contributed by atoms with Gasteiger partial charge in [0.05, 0.1) is 16.6 Å². The average molecular weight is 466 g/mol. The van der Waals surface area contributed by atoms with Crippen LogP contribution in [0.4, 0.5) is 5.69 Å². The molecule has 5 rings (SSSR count). The van der Waals surface area contributed by atoms with E-state index in [1.807, 2.05) is 79.7 Å². The molecule has 0 unspecified atom stereocenters. The molecule has 0 N–H and O–H groups in total. The minimum Gasteiger partial charge on any atom is -0.262 e. The van der Waals surface area contributed by atoms with Crippen LogP contribution < -0.4 is 4.31 Å². The first-order valence-corrected chi connectivity index (χ1v) is 13.0. The minimum absolute atomic E-state index is 0.189. The largest absolute Gasteiger partial charge is 0.264 e. The molecule has 170 valence electrons. The second-order valence-corrected chi connectivity index (χ2v) is 10.5. The molecule has 1 heterocycles. The topological polar surface area (TPSA) is 37.4 Å². The lowest BCUT2D eigenvalue weighted by Gasteiger charge is -2.27. The van der Waals surface area contributed by atoms with Crippen molar-refractivity contribution in [2.45, 2.75) is 30.7 Å². The molecule has 0 saturated heterocycles. The molecule has 0 aliphatic carbocycles. The van der Waals surface area contributed by atoms with Crippen LogP contribution in [0.5, 0.6) is 0 Å². The van der Waals surface area contributed by atoms with Crippen LogP contribution in [0.3, 0.4) is 0 Å². The lowest BCUT2D eigenvalue weighted by Crippen LogP contribution is -2.37. The van der Waals surface area contributed by atoms with E-state index in [2.05, 4.69) is 30.3 Å². The molecule has 0 radical (unpaired) electrons. The molecule has 0 bridgehead atoms. The normalized spacial score (nSPS) is 15.1. The summed E-state index contributed by atoms with van der Waals surface area (Å²) >= 11 is 0. The standard InChI is InChI=1S/C30H27NO2S/c1-23-16-19-28(20-17-23)34(32,33)31-27(22-26-14-8-9-15-30(26)31)18-21-29(24-10-4-2-5-11-24)25-12-6-3-7-13-25/h2-17,19-21,27H,18,22H2,1H3/t27-/m0/s1. The zero-order valence-corrected chi connectivity index (χ0v) is 19.9. The molecule has 34 heavy (non-hydrogen) atoms. The van der Waals surface area contributed by atoms with Crippen molar-refractivity contribution in [3.63, 3.8) is 0 Å². The fourth-order valence-corrected chi connectivity index (χ4v) is 6.35. The zero-order chi connectivity index (χ0) is 23.5. The fourth-order valence-electron chi connectivity index (χ4n) is 4.65. The summed E-state index contributed by atoms with van der Waals surface area (Å²) in [5.74, 6) is 0. The highest BCUT2D eigenvalue weighted by molar-refractivity contribution is 7.92. The zero-order valence-electron chi connectivity index (χ0n) is 19.1. The van der Waals surface area contributed by atoms with Crippen LogP contribution in [0.1, 0.15) is 28.7 Å². The van der Waals surface area contributed by atoms with Crippen molar-refractivity contribution >= 4 is 21.3 Å². The summed E-state index contributed by atoms with van der Waals surface area (Å²) in [6, 6.07) is 35.3. The number of para-hydroxylation sites is 1. The Labute approximate surface area is 202 Å². The molecule has 0 amide bonds. The van der Waals surface area contributed by atoms with Crippen molar-refractivity contribution in [3.05, 3.63) is 138 Å². The second kappa shape index (κ2) is 9.32. The predicted octanol–water partition coefficient (Wildman–Crippen LogP) is 6.64. The van der Waals surface area contributed by atoms with Crippen LogP contribution in [0.2, 0.25) is 0 Å². The maximum absolute atomic E-state index is 13.8. The van der Waals surface area contributed by atoms with Gasteiger partial charge in [-0.05, 0) is 60.2 Å². The van der Waals surface area contributed by atoms with Gasteiger partial charge in [-0.25, -0.2) is 8.42 Å². The SMILES string of the molecule is Cc1ccc(S(=O)(=O)N2c3ccccc3C[C@@H]2CC=C(c2ccccc2)c2ccccc2)cc1. The third kappa shape index (κ3) is 4.29. The molecule has 0 fully saturated rings. The molecular formula is C30H27NO2S. The van der Waals surface area contributed by atoms with Crippen LogP contribution >= 0.6 is 0 Å². The second-order valence-electron chi connectivity index (χ2n) is 8.69. The van der Waals surface area contributed by atoms with Crippen LogP contribution in [0, 0.1) is 6.92 Å². The molecule has 0 saturated carbocycles. The number of fused-ring (bicyclic) bond motifs is 1. The van der Waals surface area contributed by atoms with Gasteiger partial charge in [0, 0.05) is 0 Å². The summed E-state index contributed by atoms with van der Waals surface area (Å²) in [5.41, 5.74) is 6.25. The van der Waals surface area contributed by atoms with Gasteiger partial charge in [-0.1, -0.05) is 103 Å². The third-order valence-corrected chi connectivity index (χ3v) is 8.24. The first-order valence-electron chi connectivity index (χ1n) is 11.5. The van der Waals surface area contributed by atoms with Gasteiger partial charge in [0.1, 0.15) is 0 Å². The molecule has 4 heteroatoms. The van der Waals surface area contributed by atoms with Gasteiger partial charge in [0.25, 0.3) is 10.0 Å². The highest BCUT2D eigenvalue weighted by Gasteiger charge is 2.37. The van der Waals surface area contributed by atoms with Crippen LogP contribution in [0.25, 0.3) is 5.57 Å². The van der Waals surface area contributed by atoms with E-state index < -0.39 is 10.0 Å². The molecule has 3 nitrogen and oxygen atoms in total. The van der Waals surface area contributed by atoms with E-state index in [1.54, 1.807) is 16.4 Å². The van der Waals surface area contributed by atoms with Crippen molar-refractivity contribution in [2.75, 3.05) is 4.31 Å². The van der Waals surface area contributed by atoms with E-state index in [4.69, 9.17) is 0 Å². The number of nitrogens with zero attached hydrogens (tertiary/aromatic N) is 1. The fraction of sp³-hybridized carbons (Fsp3) is 0.133. The Morgan fingerprint density at radius 3 is 1.97 bits per heavy atom. The summed E-state index contributed by atoms with van der Waals surface area (Å²) in [4.78, 5) is 0.329. The van der Waals surface area contributed by atoms with Gasteiger partial charge in [0.2, 0.25) is 0 Å². The average Bonchev–Trinajstić information content (AvgIpc) is 3.25. The van der Waals surface area contributed by atoms with E-state index in [9.17, 15) is 8.42 Å². The Hall–Kier alpha value is -3.63. The molecule has 0 spiro atoms. The van der Waals surface area contributed by atoms with E-state index in [0.29, 0.717) is 17.7 Å². The third-order valence-electron chi connectivity index (χ3n) is 6.36. The van der Waals surface area contributed by atoms with Crippen molar-refractivity contribution in [1.29, 1.82) is 0 Å². The summed E-state index contributed by atoms with van der Waals surface area (Å²) in [6.07, 6.45) is 3.49. The molecule has 1 aliphatic rings. The molecule has 1 aliphatic heterocycles. The first-order chi connectivity index (χ1) is 16.5. The van der Waals surface area contributed by atoms with Crippen molar-refractivity contribution in [1.82, 2.24) is 0 Å². The van der Waals surface area contributed by atoms with Crippen molar-refractivity contribution in [3.8, 4) is 0 Å². The lowest BCUT2D eigenvalue weighted by molar-refractivity contribution is 0.579. The Morgan fingerprint density at radius 2 is 1.35 bits per heavy atom. The number of hydrogen-bond acceptors (Lipinski definition) is 2. The molecule has 4 aromatic carbocycles. The quantitative estimate of drug-likeness (QED) is 0.320. The summed E-state index contributed by atoms with van der Waals surface area (Å²) in [7, 11) is -3.69. The highest BCUT2D eigenvalue weighted by Crippen LogP contribution is 2.38.